The van der Waals surface area contributed by atoms with E-state index in [1.807, 2.05) is 0 Å². The molecular weight excluding hydrogens is 1380 g/mol. The van der Waals surface area contributed by atoms with Gasteiger partial charge in [0.1, 0.15) is 19.3 Å². The first kappa shape index (κ1) is 104. The third-order valence-corrected chi connectivity index (χ3v) is 22.4. The Balaban J connectivity index is 5.23. The number of hydrogen-bond donors (Lipinski definition) is 3. The van der Waals surface area contributed by atoms with Crippen LogP contribution >= 0.6 is 15.6 Å². The van der Waals surface area contributed by atoms with Crippen LogP contribution in [0.2, 0.25) is 0 Å². The van der Waals surface area contributed by atoms with Gasteiger partial charge in [-0.05, 0) is 37.5 Å². The predicted octanol–water partition coefficient (Wildman–Crippen LogP) is 26.6. The summed E-state index contributed by atoms with van der Waals surface area (Å²) in [6.07, 6.45) is 71.0. The van der Waals surface area contributed by atoms with Crippen LogP contribution in [0.1, 0.15) is 465 Å². The molecule has 0 aliphatic rings. The average molecular weight is 1550 g/mol. The fourth-order valence-electron chi connectivity index (χ4n) is 13.6. The number of esters is 4. The van der Waals surface area contributed by atoms with Crippen LogP contribution in [-0.2, 0) is 65.4 Å². The molecule has 2 unspecified atom stereocenters. The Morgan fingerprint density at radius 3 is 0.642 bits per heavy atom. The summed E-state index contributed by atoms with van der Waals surface area (Å²) in [7, 11) is -9.93. The summed E-state index contributed by atoms with van der Waals surface area (Å²) >= 11 is 0. The minimum absolute atomic E-state index is 0.106. The van der Waals surface area contributed by atoms with Crippen molar-refractivity contribution in [1.29, 1.82) is 0 Å². The second kappa shape index (κ2) is 78.3. The van der Waals surface area contributed by atoms with Gasteiger partial charge in [0.2, 0.25) is 0 Å². The lowest BCUT2D eigenvalue weighted by molar-refractivity contribution is -0.161. The van der Waals surface area contributed by atoms with Gasteiger partial charge in [-0.1, -0.05) is 414 Å². The molecular formula is C87H170O17P2. The third kappa shape index (κ3) is 80.1. The van der Waals surface area contributed by atoms with E-state index in [4.69, 9.17) is 37.0 Å². The number of rotatable bonds is 86. The highest BCUT2D eigenvalue weighted by Crippen LogP contribution is 2.45. The van der Waals surface area contributed by atoms with E-state index >= 15 is 0 Å². The molecule has 0 bridgehead atoms. The van der Waals surface area contributed by atoms with Crippen molar-refractivity contribution in [2.75, 3.05) is 39.6 Å². The lowest BCUT2D eigenvalue weighted by Crippen LogP contribution is -2.30. The lowest BCUT2D eigenvalue weighted by atomic mass is 10.0. The molecule has 0 aromatic carbocycles. The Morgan fingerprint density at radius 2 is 0.434 bits per heavy atom. The SMILES string of the molecule is CCCCCCCCCCCCCCCCCCCCCCCCC(=O)O[C@H](COC(=O)CCCCCCCCCCCCCCCCCCCCC)COP(=O)(O)OC[C@@H](O)COP(=O)(O)OC[C@@H](COC(=O)CCCCCCCCCCCC(C)C)OC(=O)CCCCCCCCCCCCC(C)C. The Morgan fingerprint density at radius 1 is 0.255 bits per heavy atom. The summed E-state index contributed by atoms with van der Waals surface area (Å²) < 4.78 is 68.9. The summed E-state index contributed by atoms with van der Waals surface area (Å²) in [6.45, 7) is 9.64. The molecule has 17 nitrogen and oxygen atoms in total. The fraction of sp³-hybridized carbons (Fsp3) is 0.954. The molecule has 0 amide bonds. The molecule has 0 spiro atoms. The van der Waals surface area contributed by atoms with Crippen molar-refractivity contribution in [3.63, 3.8) is 0 Å². The Kier molecular flexibility index (Phi) is 76.9. The van der Waals surface area contributed by atoms with Crippen molar-refractivity contribution in [1.82, 2.24) is 0 Å². The van der Waals surface area contributed by atoms with Gasteiger partial charge in [-0.15, -0.1) is 0 Å². The van der Waals surface area contributed by atoms with Gasteiger partial charge < -0.3 is 33.8 Å². The molecule has 0 fully saturated rings. The summed E-state index contributed by atoms with van der Waals surface area (Å²) in [4.78, 5) is 73.2. The highest BCUT2D eigenvalue weighted by atomic mass is 31.2. The van der Waals surface area contributed by atoms with Gasteiger partial charge in [-0.2, -0.15) is 0 Å². The monoisotopic (exact) mass is 1550 g/mol. The normalized spacial score (nSPS) is 13.8. The van der Waals surface area contributed by atoms with E-state index in [0.29, 0.717) is 25.7 Å². The number of hydrogen-bond acceptors (Lipinski definition) is 15. The van der Waals surface area contributed by atoms with Crippen LogP contribution in [0.4, 0.5) is 0 Å². The Bertz CT molecular complexity index is 2030. The molecule has 3 N–H and O–H groups in total. The van der Waals surface area contributed by atoms with Gasteiger partial charge in [-0.3, -0.25) is 37.3 Å². The molecule has 5 atom stereocenters. The highest BCUT2D eigenvalue weighted by Gasteiger charge is 2.30. The molecule has 0 saturated heterocycles. The number of ether oxygens (including phenoxy) is 4. The number of aliphatic hydroxyl groups excluding tert-OH is 1. The van der Waals surface area contributed by atoms with Crippen LogP contribution in [0.15, 0.2) is 0 Å². The van der Waals surface area contributed by atoms with E-state index in [0.717, 1.165) is 102 Å². The molecule has 0 radical (unpaired) electrons. The van der Waals surface area contributed by atoms with E-state index in [1.165, 1.54) is 283 Å². The Hall–Kier alpha value is -1.94. The maximum absolute atomic E-state index is 13.2. The van der Waals surface area contributed by atoms with E-state index in [1.54, 1.807) is 0 Å². The topological polar surface area (TPSA) is 237 Å². The molecule has 630 valence electrons. The second-order valence-corrected chi connectivity index (χ2v) is 35.1. The first-order valence-electron chi connectivity index (χ1n) is 45.0. The first-order chi connectivity index (χ1) is 51.4. The minimum atomic E-state index is -4.97. The molecule has 0 saturated carbocycles. The molecule has 0 aliphatic carbocycles. The summed E-state index contributed by atoms with van der Waals surface area (Å²) in [5, 5.41) is 10.7. The van der Waals surface area contributed by atoms with E-state index in [9.17, 15) is 43.2 Å². The molecule has 0 rings (SSSR count). The Labute approximate surface area is 651 Å². The van der Waals surface area contributed by atoms with Crippen LogP contribution in [0, 0.1) is 11.8 Å². The number of aliphatic hydroxyl groups is 1. The summed E-state index contributed by atoms with van der Waals surface area (Å²) in [6, 6.07) is 0. The van der Waals surface area contributed by atoms with E-state index < -0.39 is 97.5 Å². The van der Waals surface area contributed by atoms with Crippen LogP contribution in [0.5, 0.6) is 0 Å². The van der Waals surface area contributed by atoms with E-state index in [-0.39, 0.29) is 25.7 Å². The number of phosphoric ester groups is 2. The van der Waals surface area contributed by atoms with Gasteiger partial charge >= 0.3 is 39.5 Å². The molecule has 0 aromatic heterocycles. The average Bonchev–Trinajstić information content (AvgIpc) is 0.901. The lowest BCUT2D eigenvalue weighted by Gasteiger charge is -2.21. The van der Waals surface area contributed by atoms with Gasteiger partial charge in [0.15, 0.2) is 12.2 Å². The van der Waals surface area contributed by atoms with Crippen molar-refractivity contribution < 1.29 is 80.2 Å². The summed E-state index contributed by atoms with van der Waals surface area (Å²) in [5.41, 5.74) is 0. The van der Waals surface area contributed by atoms with Gasteiger partial charge in [0.25, 0.3) is 0 Å². The van der Waals surface area contributed by atoms with Crippen molar-refractivity contribution in [2.24, 2.45) is 11.8 Å². The van der Waals surface area contributed by atoms with Crippen LogP contribution in [-0.4, -0.2) is 96.7 Å². The van der Waals surface area contributed by atoms with Crippen LogP contribution in [0.3, 0.4) is 0 Å². The smallest absolute Gasteiger partial charge is 0.462 e. The molecule has 0 aliphatic heterocycles. The molecule has 0 aromatic rings. The van der Waals surface area contributed by atoms with Gasteiger partial charge in [0, 0.05) is 25.7 Å². The summed E-state index contributed by atoms with van der Waals surface area (Å²) in [5.74, 6) is -0.607. The van der Waals surface area contributed by atoms with Crippen LogP contribution in [0.25, 0.3) is 0 Å². The van der Waals surface area contributed by atoms with Crippen molar-refractivity contribution in [3.05, 3.63) is 0 Å². The number of carbonyl (C=O) groups is 4. The maximum Gasteiger partial charge on any atom is 0.472 e. The quantitative estimate of drug-likeness (QED) is 0.0222. The maximum atomic E-state index is 13.2. The second-order valence-electron chi connectivity index (χ2n) is 32.2. The standard InChI is InChI=1S/C87H170O17P2/c1-7-9-11-13-15-17-19-21-23-25-27-28-29-31-33-35-37-39-46-53-59-65-71-86(91)103-82(75-97-84(89)69-63-57-51-45-38-36-34-32-30-26-24-22-20-18-16-14-12-10-8-2)77-101-105(93,94)99-73-81(88)74-100-106(95,96)102-78-83(76-98-85(90)70-64-58-52-48-42-44-50-56-62-68-80(5)6)104-87(92)72-66-60-54-47-41-40-43-49-55-61-67-79(3)4/h79-83,88H,7-78H2,1-6H3,(H,93,94)(H,95,96)/t81-,82-,83-/m1/s1. The predicted molar refractivity (Wildman–Crippen MR) is 437 cm³/mol. The van der Waals surface area contributed by atoms with Crippen molar-refractivity contribution >= 4 is 39.5 Å². The molecule has 19 heteroatoms. The van der Waals surface area contributed by atoms with E-state index in [2.05, 4.69) is 41.5 Å². The zero-order chi connectivity index (χ0) is 77.8. The third-order valence-electron chi connectivity index (χ3n) is 20.5. The highest BCUT2D eigenvalue weighted by molar-refractivity contribution is 7.47. The first-order valence-corrected chi connectivity index (χ1v) is 48.0. The van der Waals surface area contributed by atoms with Gasteiger partial charge in [0.05, 0.1) is 26.4 Å². The number of carbonyl (C=O) groups excluding carboxylic acids is 4. The van der Waals surface area contributed by atoms with Crippen molar-refractivity contribution in [3.8, 4) is 0 Å². The molecule has 0 heterocycles. The van der Waals surface area contributed by atoms with Crippen LogP contribution < -0.4 is 0 Å². The van der Waals surface area contributed by atoms with Gasteiger partial charge in [-0.25, -0.2) is 9.13 Å². The zero-order valence-corrected chi connectivity index (χ0v) is 71.5. The fourth-order valence-corrected chi connectivity index (χ4v) is 15.2. The largest absolute Gasteiger partial charge is 0.472 e. The minimum Gasteiger partial charge on any atom is -0.462 e. The molecule has 106 heavy (non-hydrogen) atoms. The zero-order valence-electron chi connectivity index (χ0n) is 69.7. The number of phosphoric acid groups is 2. The number of unbranched alkanes of at least 4 members (excludes halogenated alkanes) is 56. The van der Waals surface area contributed by atoms with Crippen molar-refractivity contribution in [2.45, 2.75) is 484 Å².